The van der Waals surface area contributed by atoms with Crippen molar-refractivity contribution >= 4 is 5.91 Å². The van der Waals surface area contributed by atoms with Crippen molar-refractivity contribution in [1.82, 2.24) is 10.3 Å². The second-order valence-corrected chi connectivity index (χ2v) is 5.65. The predicted molar refractivity (Wildman–Crippen MR) is 84.8 cm³/mol. The third kappa shape index (κ3) is 3.27. The van der Waals surface area contributed by atoms with E-state index >= 15 is 0 Å². The molecule has 1 aliphatic carbocycles. The Morgan fingerprint density at radius 2 is 2.09 bits per heavy atom. The van der Waals surface area contributed by atoms with Crippen LogP contribution in [-0.4, -0.2) is 17.0 Å². The zero-order valence-electron chi connectivity index (χ0n) is 12.7. The third-order valence-electron chi connectivity index (χ3n) is 4.01. The lowest BCUT2D eigenvalue weighted by molar-refractivity contribution is 0.0915. The Bertz CT molecular complexity index is 639. The van der Waals surface area contributed by atoms with Gasteiger partial charge in [0.25, 0.3) is 5.91 Å². The van der Waals surface area contributed by atoms with Crippen molar-refractivity contribution in [3.63, 3.8) is 0 Å². The lowest BCUT2D eigenvalue weighted by Gasteiger charge is -2.27. The minimum Gasteiger partial charge on any atom is -0.490 e. The van der Waals surface area contributed by atoms with Crippen molar-refractivity contribution in [2.75, 3.05) is 0 Å². The molecular weight excluding hydrogens is 276 g/mol. The summed E-state index contributed by atoms with van der Waals surface area (Å²) in [5.41, 5.74) is 1.57. The van der Waals surface area contributed by atoms with E-state index < -0.39 is 0 Å². The average molecular weight is 296 g/mol. The molecule has 1 atom stereocenters. The van der Waals surface area contributed by atoms with Crippen molar-refractivity contribution in [2.45, 2.75) is 38.3 Å². The molecule has 22 heavy (non-hydrogen) atoms. The van der Waals surface area contributed by atoms with Gasteiger partial charge in [-0.15, -0.1) is 0 Å². The van der Waals surface area contributed by atoms with Crippen LogP contribution in [0.4, 0.5) is 0 Å². The minimum atomic E-state index is -0.119. The summed E-state index contributed by atoms with van der Waals surface area (Å²) in [4.78, 5) is 16.6. The van der Waals surface area contributed by atoms with Crippen LogP contribution < -0.4 is 10.1 Å². The van der Waals surface area contributed by atoms with E-state index in [1.807, 2.05) is 37.3 Å². The van der Waals surface area contributed by atoms with Gasteiger partial charge in [-0.2, -0.15) is 0 Å². The molecule has 1 saturated carbocycles. The molecule has 1 fully saturated rings. The fraction of sp³-hybridized carbons (Fsp3) is 0.333. The van der Waals surface area contributed by atoms with E-state index in [4.69, 9.17) is 4.74 Å². The molecule has 0 radical (unpaired) electrons. The Morgan fingerprint density at radius 3 is 2.77 bits per heavy atom. The van der Waals surface area contributed by atoms with Gasteiger partial charge in [0.05, 0.1) is 17.7 Å². The van der Waals surface area contributed by atoms with Crippen LogP contribution in [0, 0.1) is 0 Å². The number of benzene rings is 1. The van der Waals surface area contributed by atoms with Gasteiger partial charge in [-0.05, 0) is 49.9 Å². The summed E-state index contributed by atoms with van der Waals surface area (Å²) in [6.07, 6.45) is 7.09. The Morgan fingerprint density at radius 1 is 1.27 bits per heavy atom. The van der Waals surface area contributed by atoms with Crippen LogP contribution in [0.1, 0.15) is 48.1 Å². The highest BCUT2D eigenvalue weighted by atomic mass is 16.5. The van der Waals surface area contributed by atoms with Crippen molar-refractivity contribution in [3.05, 3.63) is 59.9 Å². The van der Waals surface area contributed by atoms with E-state index in [-0.39, 0.29) is 18.1 Å². The van der Waals surface area contributed by atoms with E-state index in [2.05, 4.69) is 10.3 Å². The van der Waals surface area contributed by atoms with Crippen LogP contribution in [-0.2, 0) is 0 Å². The lowest BCUT2D eigenvalue weighted by Crippen LogP contribution is -2.29. The number of ether oxygens (including phenoxy) is 1. The third-order valence-corrected chi connectivity index (χ3v) is 4.01. The number of rotatable bonds is 5. The number of para-hydroxylation sites is 1. The summed E-state index contributed by atoms with van der Waals surface area (Å²) >= 11 is 0. The molecule has 3 rings (SSSR count). The Balaban J connectivity index is 1.71. The SMILES string of the molecule is C[C@@H](NC(=O)c1ccccc1OC1CCC1)c1cccnc1. The van der Waals surface area contributed by atoms with Gasteiger partial charge >= 0.3 is 0 Å². The highest BCUT2D eigenvalue weighted by molar-refractivity contribution is 5.97. The molecule has 0 unspecified atom stereocenters. The first-order valence-corrected chi connectivity index (χ1v) is 7.70. The second kappa shape index (κ2) is 6.60. The summed E-state index contributed by atoms with van der Waals surface area (Å²) in [6.45, 7) is 1.95. The van der Waals surface area contributed by atoms with Crippen LogP contribution >= 0.6 is 0 Å². The van der Waals surface area contributed by atoms with E-state index in [1.165, 1.54) is 6.42 Å². The number of pyridine rings is 1. The lowest BCUT2D eigenvalue weighted by atomic mass is 9.96. The number of hydrogen-bond donors (Lipinski definition) is 1. The number of aromatic nitrogens is 1. The van der Waals surface area contributed by atoms with Crippen molar-refractivity contribution < 1.29 is 9.53 Å². The van der Waals surface area contributed by atoms with Crippen LogP contribution in [0.15, 0.2) is 48.8 Å². The van der Waals surface area contributed by atoms with Gasteiger partial charge in [0.1, 0.15) is 5.75 Å². The van der Waals surface area contributed by atoms with Crippen LogP contribution in [0.2, 0.25) is 0 Å². The molecule has 114 valence electrons. The van der Waals surface area contributed by atoms with E-state index in [9.17, 15) is 4.79 Å². The maximum absolute atomic E-state index is 12.5. The first-order valence-electron chi connectivity index (χ1n) is 7.70. The van der Waals surface area contributed by atoms with Crippen LogP contribution in [0.25, 0.3) is 0 Å². The summed E-state index contributed by atoms with van der Waals surface area (Å²) in [7, 11) is 0. The van der Waals surface area contributed by atoms with Crippen molar-refractivity contribution in [2.24, 2.45) is 0 Å². The number of carbonyl (C=O) groups is 1. The summed E-state index contributed by atoms with van der Waals surface area (Å²) in [5.74, 6) is 0.550. The number of carbonyl (C=O) groups excluding carboxylic acids is 1. The van der Waals surface area contributed by atoms with Crippen LogP contribution in [0.5, 0.6) is 5.75 Å². The minimum absolute atomic E-state index is 0.0991. The van der Waals surface area contributed by atoms with Crippen molar-refractivity contribution in [1.29, 1.82) is 0 Å². The summed E-state index contributed by atoms with van der Waals surface area (Å²) in [6, 6.07) is 11.1. The van der Waals surface area contributed by atoms with Gasteiger partial charge in [-0.25, -0.2) is 0 Å². The zero-order valence-corrected chi connectivity index (χ0v) is 12.7. The molecule has 4 heteroatoms. The molecule has 4 nitrogen and oxygen atoms in total. The maximum atomic E-state index is 12.5. The topological polar surface area (TPSA) is 51.2 Å². The van der Waals surface area contributed by atoms with E-state index in [1.54, 1.807) is 18.5 Å². The van der Waals surface area contributed by atoms with Gasteiger partial charge in [0.2, 0.25) is 0 Å². The average Bonchev–Trinajstić information content (AvgIpc) is 2.52. The predicted octanol–water partition coefficient (Wildman–Crippen LogP) is 3.50. The second-order valence-electron chi connectivity index (χ2n) is 5.65. The quantitative estimate of drug-likeness (QED) is 0.918. The molecular formula is C18H20N2O2. The fourth-order valence-corrected chi connectivity index (χ4v) is 2.42. The van der Waals surface area contributed by atoms with Gasteiger partial charge in [-0.1, -0.05) is 18.2 Å². The smallest absolute Gasteiger partial charge is 0.255 e. The monoisotopic (exact) mass is 296 g/mol. The molecule has 0 bridgehead atoms. The molecule has 1 aromatic carbocycles. The first-order chi connectivity index (χ1) is 10.7. The fourth-order valence-electron chi connectivity index (χ4n) is 2.42. The van der Waals surface area contributed by atoms with E-state index in [0.29, 0.717) is 11.3 Å². The summed E-state index contributed by atoms with van der Waals surface area (Å²) in [5, 5.41) is 3.00. The Hall–Kier alpha value is -2.36. The standard InChI is InChI=1S/C18H20N2O2/c1-13(14-6-5-11-19-12-14)20-18(21)16-9-2-3-10-17(16)22-15-7-4-8-15/h2-3,5-6,9-13,15H,4,7-8H2,1H3,(H,20,21)/t13-/m1/s1. The molecule has 1 heterocycles. The molecule has 1 N–H and O–H groups in total. The molecule has 1 amide bonds. The first kappa shape index (κ1) is 14.6. The van der Waals surface area contributed by atoms with Gasteiger partial charge in [0, 0.05) is 12.4 Å². The number of amides is 1. The number of nitrogens with zero attached hydrogens (tertiary/aromatic N) is 1. The normalized spacial score (nSPS) is 15.7. The number of hydrogen-bond acceptors (Lipinski definition) is 3. The highest BCUT2D eigenvalue weighted by Gasteiger charge is 2.22. The van der Waals surface area contributed by atoms with Gasteiger partial charge in [0.15, 0.2) is 0 Å². The molecule has 1 aliphatic rings. The van der Waals surface area contributed by atoms with Gasteiger partial charge in [-0.3, -0.25) is 9.78 Å². The molecule has 2 aromatic rings. The summed E-state index contributed by atoms with van der Waals surface area (Å²) < 4.78 is 5.92. The molecule has 1 aromatic heterocycles. The van der Waals surface area contributed by atoms with Crippen LogP contribution in [0.3, 0.4) is 0 Å². The molecule has 0 aliphatic heterocycles. The number of nitrogens with one attached hydrogen (secondary N) is 1. The maximum Gasteiger partial charge on any atom is 0.255 e. The molecule has 0 saturated heterocycles. The van der Waals surface area contributed by atoms with E-state index in [0.717, 1.165) is 18.4 Å². The highest BCUT2D eigenvalue weighted by Crippen LogP contribution is 2.27. The Kier molecular flexibility index (Phi) is 4.37. The van der Waals surface area contributed by atoms with Crippen molar-refractivity contribution in [3.8, 4) is 5.75 Å². The Labute approximate surface area is 130 Å². The van der Waals surface area contributed by atoms with Gasteiger partial charge < -0.3 is 10.1 Å². The largest absolute Gasteiger partial charge is 0.490 e. The molecule has 0 spiro atoms. The zero-order chi connectivity index (χ0) is 15.4.